The van der Waals surface area contributed by atoms with Crippen LogP contribution in [0.15, 0.2) is 0 Å². The number of rotatable bonds is 1. The molecule has 0 aromatic rings. The van der Waals surface area contributed by atoms with Gasteiger partial charge in [0.25, 0.3) is 0 Å². The molecule has 0 nitrogen and oxygen atoms in total. The zero-order chi connectivity index (χ0) is 10.8. The molecule has 0 amide bonds. The second kappa shape index (κ2) is 4.89. The van der Waals surface area contributed by atoms with Crippen molar-refractivity contribution in [2.45, 2.75) is 65.7 Å². The first kappa shape index (κ1) is 11.5. The van der Waals surface area contributed by atoms with Gasteiger partial charge < -0.3 is 0 Å². The molecule has 88 valence electrons. The predicted octanol–water partition coefficient (Wildman–Crippen LogP) is 4.89. The highest BCUT2D eigenvalue weighted by atomic mass is 14.4. The Bertz CT molecular complexity index is 188. The van der Waals surface area contributed by atoms with Crippen LogP contribution in [0.5, 0.6) is 0 Å². The molecule has 0 saturated heterocycles. The summed E-state index contributed by atoms with van der Waals surface area (Å²) < 4.78 is 0. The second-order valence-electron chi connectivity index (χ2n) is 6.45. The van der Waals surface area contributed by atoms with E-state index in [0.29, 0.717) is 0 Å². The fraction of sp³-hybridized carbons (Fsp3) is 1.00. The van der Waals surface area contributed by atoms with Crippen LogP contribution in [0.3, 0.4) is 0 Å². The van der Waals surface area contributed by atoms with Gasteiger partial charge in [-0.05, 0) is 48.9 Å². The van der Waals surface area contributed by atoms with E-state index in [1.165, 1.54) is 44.9 Å². The Morgan fingerprint density at radius 2 is 1.40 bits per heavy atom. The van der Waals surface area contributed by atoms with Crippen LogP contribution in [0, 0.1) is 29.6 Å². The summed E-state index contributed by atoms with van der Waals surface area (Å²) in [5, 5.41) is 0. The highest BCUT2D eigenvalue weighted by Crippen LogP contribution is 2.44. The Hall–Kier alpha value is 0. The standard InChI is InChI=1S/C15H28/c1-11-7-9-14(10-8-11)15-6-4-5-12(2)13(15)3/h11-15H,4-10H2,1-3H3. The molecular formula is C15H28. The fourth-order valence-electron chi connectivity index (χ4n) is 4.00. The van der Waals surface area contributed by atoms with Crippen LogP contribution in [0.25, 0.3) is 0 Å². The first-order valence-electron chi connectivity index (χ1n) is 7.18. The van der Waals surface area contributed by atoms with Gasteiger partial charge in [-0.2, -0.15) is 0 Å². The lowest BCUT2D eigenvalue weighted by Crippen LogP contribution is -2.32. The minimum absolute atomic E-state index is 0.989. The van der Waals surface area contributed by atoms with E-state index < -0.39 is 0 Å². The second-order valence-corrected chi connectivity index (χ2v) is 6.45. The number of hydrogen-bond donors (Lipinski definition) is 0. The molecule has 2 aliphatic rings. The van der Waals surface area contributed by atoms with Gasteiger partial charge >= 0.3 is 0 Å². The van der Waals surface area contributed by atoms with Crippen molar-refractivity contribution in [3.63, 3.8) is 0 Å². The molecule has 15 heavy (non-hydrogen) atoms. The zero-order valence-electron chi connectivity index (χ0n) is 10.8. The van der Waals surface area contributed by atoms with Gasteiger partial charge in [0.1, 0.15) is 0 Å². The molecule has 2 rings (SSSR count). The van der Waals surface area contributed by atoms with Gasteiger partial charge in [0.2, 0.25) is 0 Å². The molecular weight excluding hydrogens is 180 g/mol. The summed E-state index contributed by atoms with van der Waals surface area (Å²) in [6, 6.07) is 0. The van der Waals surface area contributed by atoms with Gasteiger partial charge in [0, 0.05) is 0 Å². The zero-order valence-corrected chi connectivity index (χ0v) is 10.8. The average molecular weight is 208 g/mol. The SMILES string of the molecule is CC1CCC(C2CCCC(C)C2C)CC1. The van der Waals surface area contributed by atoms with Gasteiger partial charge in [0.05, 0.1) is 0 Å². The van der Waals surface area contributed by atoms with E-state index >= 15 is 0 Å². The molecule has 3 atom stereocenters. The summed E-state index contributed by atoms with van der Waals surface area (Å²) >= 11 is 0. The lowest BCUT2D eigenvalue weighted by Gasteiger charge is -2.41. The Labute approximate surface area is 95.8 Å². The van der Waals surface area contributed by atoms with Crippen molar-refractivity contribution < 1.29 is 0 Å². The van der Waals surface area contributed by atoms with Crippen molar-refractivity contribution in [2.75, 3.05) is 0 Å². The maximum Gasteiger partial charge on any atom is -0.0358 e. The summed E-state index contributed by atoms with van der Waals surface area (Å²) in [6.07, 6.45) is 10.6. The first-order valence-corrected chi connectivity index (χ1v) is 7.18. The monoisotopic (exact) mass is 208 g/mol. The largest absolute Gasteiger partial charge is 0.0625 e. The molecule has 0 heteroatoms. The van der Waals surface area contributed by atoms with E-state index in [-0.39, 0.29) is 0 Å². The summed E-state index contributed by atoms with van der Waals surface area (Å²) in [6.45, 7) is 7.43. The van der Waals surface area contributed by atoms with Crippen molar-refractivity contribution in [2.24, 2.45) is 29.6 Å². The van der Waals surface area contributed by atoms with E-state index in [9.17, 15) is 0 Å². The van der Waals surface area contributed by atoms with Crippen LogP contribution >= 0.6 is 0 Å². The molecule has 0 bridgehead atoms. The molecule has 0 spiro atoms. The molecule has 0 radical (unpaired) electrons. The van der Waals surface area contributed by atoms with Gasteiger partial charge in [-0.15, -0.1) is 0 Å². The topological polar surface area (TPSA) is 0 Å². The normalized spacial score (nSPS) is 47.8. The Balaban J connectivity index is 1.91. The molecule has 0 aromatic heterocycles. The van der Waals surface area contributed by atoms with E-state index in [2.05, 4.69) is 20.8 Å². The summed E-state index contributed by atoms with van der Waals surface area (Å²) in [7, 11) is 0. The van der Waals surface area contributed by atoms with Crippen LogP contribution in [-0.2, 0) is 0 Å². The smallest absolute Gasteiger partial charge is 0.0358 e. The lowest BCUT2D eigenvalue weighted by molar-refractivity contribution is 0.0902. The highest BCUT2D eigenvalue weighted by Gasteiger charge is 2.34. The summed E-state index contributed by atoms with van der Waals surface area (Å²) in [4.78, 5) is 0. The third kappa shape index (κ3) is 2.57. The molecule has 2 aliphatic carbocycles. The molecule has 0 heterocycles. The molecule has 2 fully saturated rings. The average Bonchev–Trinajstić information content (AvgIpc) is 2.24. The molecule has 3 unspecified atom stereocenters. The third-order valence-electron chi connectivity index (χ3n) is 5.44. The van der Waals surface area contributed by atoms with Crippen LogP contribution < -0.4 is 0 Å². The van der Waals surface area contributed by atoms with Crippen LogP contribution in [0.4, 0.5) is 0 Å². The lowest BCUT2D eigenvalue weighted by atomic mass is 9.64. The summed E-state index contributed by atoms with van der Waals surface area (Å²) in [5.74, 6) is 5.15. The number of hydrogen-bond acceptors (Lipinski definition) is 0. The van der Waals surface area contributed by atoms with Crippen molar-refractivity contribution >= 4 is 0 Å². The van der Waals surface area contributed by atoms with E-state index in [1.54, 1.807) is 0 Å². The van der Waals surface area contributed by atoms with Crippen molar-refractivity contribution in [1.29, 1.82) is 0 Å². The molecule has 2 saturated carbocycles. The summed E-state index contributed by atoms with van der Waals surface area (Å²) in [5.41, 5.74) is 0. The van der Waals surface area contributed by atoms with Gasteiger partial charge in [-0.3, -0.25) is 0 Å². The minimum Gasteiger partial charge on any atom is -0.0625 e. The van der Waals surface area contributed by atoms with Crippen molar-refractivity contribution in [3.8, 4) is 0 Å². The van der Waals surface area contributed by atoms with Gasteiger partial charge in [-0.1, -0.05) is 46.5 Å². The van der Waals surface area contributed by atoms with Crippen LogP contribution in [0.2, 0.25) is 0 Å². The fourth-order valence-corrected chi connectivity index (χ4v) is 4.00. The van der Waals surface area contributed by atoms with E-state index in [1.807, 2.05) is 0 Å². The molecule has 0 N–H and O–H groups in total. The van der Waals surface area contributed by atoms with E-state index in [0.717, 1.165) is 29.6 Å². The highest BCUT2D eigenvalue weighted by molar-refractivity contribution is 4.84. The maximum atomic E-state index is 2.52. The van der Waals surface area contributed by atoms with Crippen molar-refractivity contribution in [1.82, 2.24) is 0 Å². The van der Waals surface area contributed by atoms with Crippen molar-refractivity contribution in [3.05, 3.63) is 0 Å². The van der Waals surface area contributed by atoms with Gasteiger partial charge in [0.15, 0.2) is 0 Å². The maximum absolute atomic E-state index is 2.52. The van der Waals surface area contributed by atoms with Crippen LogP contribution in [0.1, 0.15) is 65.7 Å². The van der Waals surface area contributed by atoms with Crippen LogP contribution in [-0.4, -0.2) is 0 Å². The Morgan fingerprint density at radius 1 is 0.733 bits per heavy atom. The van der Waals surface area contributed by atoms with Gasteiger partial charge in [-0.25, -0.2) is 0 Å². The third-order valence-corrected chi connectivity index (χ3v) is 5.44. The minimum atomic E-state index is 0.989. The molecule has 0 aromatic carbocycles. The van der Waals surface area contributed by atoms with E-state index in [4.69, 9.17) is 0 Å². The Kier molecular flexibility index (Phi) is 3.74. The molecule has 0 aliphatic heterocycles. The quantitative estimate of drug-likeness (QED) is 0.576. The first-order chi connectivity index (χ1) is 7.18. The predicted molar refractivity (Wildman–Crippen MR) is 66.8 cm³/mol. The Morgan fingerprint density at radius 3 is 2.07 bits per heavy atom.